The molecule has 0 atom stereocenters. The summed E-state index contributed by atoms with van der Waals surface area (Å²) in [4.78, 5) is 0. The Balaban J connectivity index is 1.69. The Labute approximate surface area is 168 Å². The number of benzene rings is 4. The van der Waals surface area contributed by atoms with Crippen molar-refractivity contribution in [3.05, 3.63) is 107 Å². The largest absolute Gasteiger partial charge is 0.207 e. The van der Waals surface area contributed by atoms with Crippen LogP contribution in [-0.4, -0.2) is 0 Å². The fourth-order valence-electron chi connectivity index (χ4n) is 3.35. The van der Waals surface area contributed by atoms with Crippen molar-refractivity contribution in [3.63, 3.8) is 0 Å². The minimum atomic E-state index is -0.521. The number of aryl methyl sites for hydroxylation is 2. The molecule has 29 heavy (non-hydrogen) atoms. The SMILES string of the molecule is Cc1ccc(-c2ccc(-c3ccc(-c4ccc(C)c(F)c4)c(F)c3)c(F)c2)cc1. The molecule has 0 aliphatic heterocycles. The molecule has 0 aliphatic rings. The Kier molecular flexibility index (Phi) is 4.98. The number of rotatable bonds is 3. The Bertz CT molecular complexity index is 1190. The van der Waals surface area contributed by atoms with Crippen LogP contribution in [0.3, 0.4) is 0 Å². The lowest BCUT2D eigenvalue weighted by molar-refractivity contribution is 0.617. The van der Waals surface area contributed by atoms with E-state index in [0.717, 1.165) is 16.7 Å². The van der Waals surface area contributed by atoms with Gasteiger partial charge in [-0.05, 0) is 59.9 Å². The maximum absolute atomic E-state index is 14.8. The average Bonchev–Trinajstić information content (AvgIpc) is 2.70. The van der Waals surface area contributed by atoms with Crippen molar-refractivity contribution in [3.8, 4) is 33.4 Å². The first-order valence-corrected chi connectivity index (χ1v) is 9.35. The van der Waals surface area contributed by atoms with Crippen LogP contribution >= 0.6 is 0 Å². The Morgan fingerprint density at radius 2 is 0.897 bits per heavy atom. The molecule has 0 saturated heterocycles. The van der Waals surface area contributed by atoms with Crippen molar-refractivity contribution in [2.24, 2.45) is 0 Å². The molecule has 4 aromatic carbocycles. The molecule has 0 saturated carbocycles. The smallest absolute Gasteiger partial charge is 0.131 e. The van der Waals surface area contributed by atoms with E-state index in [0.29, 0.717) is 22.3 Å². The first kappa shape index (κ1) is 19.0. The Hall–Kier alpha value is -3.33. The zero-order chi connectivity index (χ0) is 20.5. The van der Waals surface area contributed by atoms with Gasteiger partial charge in [0.05, 0.1) is 0 Å². The van der Waals surface area contributed by atoms with E-state index in [1.807, 2.05) is 37.3 Å². The summed E-state index contributed by atoms with van der Waals surface area (Å²) in [6.07, 6.45) is 0. The molecular weight excluding hydrogens is 369 g/mol. The van der Waals surface area contributed by atoms with Gasteiger partial charge in [0.1, 0.15) is 17.5 Å². The third-order valence-electron chi connectivity index (χ3n) is 5.12. The van der Waals surface area contributed by atoms with Crippen LogP contribution in [0.25, 0.3) is 33.4 Å². The molecule has 0 bridgehead atoms. The molecule has 0 unspecified atom stereocenters. The second-order valence-corrected chi connectivity index (χ2v) is 7.22. The standard InChI is InChI=1S/C26H19F3/c1-16-3-6-18(7-4-16)19-9-11-22(25(28)13-19)21-10-12-23(26(29)15-21)20-8-5-17(2)24(27)14-20/h3-15H,1-2H3. The summed E-state index contributed by atoms with van der Waals surface area (Å²) in [5, 5.41) is 0. The molecule has 4 rings (SSSR count). The molecule has 0 spiro atoms. The van der Waals surface area contributed by atoms with Gasteiger partial charge in [0.15, 0.2) is 0 Å². The van der Waals surface area contributed by atoms with Gasteiger partial charge in [-0.2, -0.15) is 0 Å². The first-order chi connectivity index (χ1) is 13.9. The highest BCUT2D eigenvalue weighted by molar-refractivity contribution is 5.74. The van der Waals surface area contributed by atoms with E-state index >= 15 is 0 Å². The predicted molar refractivity (Wildman–Crippen MR) is 112 cm³/mol. The highest BCUT2D eigenvalue weighted by Gasteiger charge is 2.12. The van der Waals surface area contributed by atoms with Gasteiger partial charge in [-0.1, -0.05) is 66.2 Å². The van der Waals surface area contributed by atoms with Crippen LogP contribution in [-0.2, 0) is 0 Å². The number of hydrogen-bond acceptors (Lipinski definition) is 0. The summed E-state index contributed by atoms with van der Waals surface area (Å²) in [6.45, 7) is 3.65. The Morgan fingerprint density at radius 1 is 0.448 bits per heavy atom. The van der Waals surface area contributed by atoms with Crippen LogP contribution in [0.1, 0.15) is 11.1 Å². The van der Waals surface area contributed by atoms with Crippen LogP contribution in [0.5, 0.6) is 0 Å². The summed E-state index contributed by atoms with van der Waals surface area (Å²) >= 11 is 0. The van der Waals surface area contributed by atoms with Crippen molar-refractivity contribution in [2.75, 3.05) is 0 Å². The van der Waals surface area contributed by atoms with Gasteiger partial charge in [-0.15, -0.1) is 0 Å². The molecule has 0 amide bonds. The molecule has 0 aliphatic carbocycles. The first-order valence-electron chi connectivity index (χ1n) is 9.35. The van der Waals surface area contributed by atoms with E-state index in [2.05, 4.69) is 0 Å². The summed E-state index contributed by atoms with van der Waals surface area (Å²) in [6, 6.07) is 21.9. The maximum Gasteiger partial charge on any atom is 0.131 e. The van der Waals surface area contributed by atoms with E-state index < -0.39 is 11.6 Å². The van der Waals surface area contributed by atoms with Crippen LogP contribution in [0.15, 0.2) is 78.9 Å². The van der Waals surface area contributed by atoms with Gasteiger partial charge in [0.2, 0.25) is 0 Å². The zero-order valence-electron chi connectivity index (χ0n) is 16.1. The molecule has 0 nitrogen and oxygen atoms in total. The van der Waals surface area contributed by atoms with Crippen molar-refractivity contribution in [1.29, 1.82) is 0 Å². The third kappa shape index (κ3) is 3.81. The second-order valence-electron chi connectivity index (χ2n) is 7.22. The summed E-state index contributed by atoms with van der Waals surface area (Å²) in [5.74, 6) is -1.33. The molecule has 0 radical (unpaired) electrons. The predicted octanol–water partition coefficient (Wildman–Crippen LogP) is 7.72. The fourth-order valence-corrected chi connectivity index (χ4v) is 3.35. The molecule has 3 heteroatoms. The number of halogens is 3. The lowest BCUT2D eigenvalue weighted by Gasteiger charge is -2.10. The van der Waals surface area contributed by atoms with Gasteiger partial charge in [0.25, 0.3) is 0 Å². The monoisotopic (exact) mass is 388 g/mol. The van der Waals surface area contributed by atoms with Crippen LogP contribution in [0.2, 0.25) is 0 Å². The summed E-state index contributed by atoms with van der Waals surface area (Å²) < 4.78 is 43.3. The van der Waals surface area contributed by atoms with Gasteiger partial charge in [0, 0.05) is 11.1 Å². The molecule has 0 heterocycles. The molecular formula is C26H19F3. The van der Waals surface area contributed by atoms with Crippen molar-refractivity contribution >= 4 is 0 Å². The maximum atomic E-state index is 14.8. The van der Waals surface area contributed by atoms with E-state index in [-0.39, 0.29) is 11.4 Å². The van der Waals surface area contributed by atoms with Crippen molar-refractivity contribution in [1.82, 2.24) is 0 Å². The van der Waals surface area contributed by atoms with Crippen molar-refractivity contribution < 1.29 is 13.2 Å². The number of hydrogen-bond donors (Lipinski definition) is 0. The normalized spacial score (nSPS) is 10.9. The fraction of sp³-hybridized carbons (Fsp3) is 0.0769. The van der Waals surface area contributed by atoms with Crippen LogP contribution < -0.4 is 0 Å². The van der Waals surface area contributed by atoms with Crippen molar-refractivity contribution in [2.45, 2.75) is 13.8 Å². The molecule has 0 aromatic heterocycles. The van der Waals surface area contributed by atoms with Crippen LogP contribution in [0.4, 0.5) is 13.2 Å². The molecule has 0 fully saturated rings. The average molecular weight is 388 g/mol. The molecule has 4 aromatic rings. The van der Waals surface area contributed by atoms with E-state index in [9.17, 15) is 13.2 Å². The highest BCUT2D eigenvalue weighted by Crippen LogP contribution is 2.32. The second kappa shape index (κ2) is 7.59. The molecule has 144 valence electrons. The topological polar surface area (TPSA) is 0 Å². The Morgan fingerprint density at radius 3 is 1.45 bits per heavy atom. The lowest BCUT2D eigenvalue weighted by atomic mass is 9.96. The minimum Gasteiger partial charge on any atom is -0.207 e. The highest BCUT2D eigenvalue weighted by atomic mass is 19.1. The lowest BCUT2D eigenvalue weighted by Crippen LogP contribution is -1.91. The van der Waals surface area contributed by atoms with Crippen LogP contribution in [0, 0.1) is 31.3 Å². The van der Waals surface area contributed by atoms with E-state index in [1.54, 1.807) is 37.3 Å². The van der Waals surface area contributed by atoms with E-state index in [4.69, 9.17) is 0 Å². The quantitative estimate of drug-likeness (QED) is 0.337. The zero-order valence-corrected chi connectivity index (χ0v) is 16.1. The van der Waals surface area contributed by atoms with Gasteiger partial charge < -0.3 is 0 Å². The van der Waals surface area contributed by atoms with Gasteiger partial charge >= 0.3 is 0 Å². The van der Waals surface area contributed by atoms with Gasteiger partial charge in [-0.3, -0.25) is 0 Å². The van der Waals surface area contributed by atoms with E-state index in [1.165, 1.54) is 18.2 Å². The minimum absolute atomic E-state index is 0.282. The molecule has 0 N–H and O–H groups in total. The summed E-state index contributed by atoms with van der Waals surface area (Å²) in [5.41, 5.74) is 4.81. The van der Waals surface area contributed by atoms with Gasteiger partial charge in [-0.25, -0.2) is 13.2 Å². The third-order valence-corrected chi connectivity index (χ3v) is 5.12. The summed E-state index contributed by atoms with van der Waals surface area (Å²) in [7, 11) is 0.